The van der Waals surface area contributed by atoms with Crippen LogP contribution in [-0.4, -0.2) is 20.0 Å². The van der Waals surface area contributed by atoms with Gasteiger partial charge in [0.2, 0.25) is 0 Å². The Labute approximate surface area is 126 Å². The van der Waals surface area contributed by atoms with Crippen LogP contribution in [0.5, 0.6) is 0 Å². The molecule has 0 aliphatic heterocycles. The van der Waals surface area contributed by atoms with Crippen LogP contribution in [0.15, 0.2) is 41.4 Å². The number of aryl methyl sites for hydroxylation is 2. The monoisotopic (exact) mass is 307 g/mol. The van der Waals surface area contributed by atoms with Crippen molar-refractivity contribution in [3.8, 4) is 0 Å². The summed E-state index contributed by atoms with van der Waals surface area (Å²) < 4.78 is 28.7. The summed E-state index contributed by atoms with van der Waals surface area (Å²) in [4.78, 5) is 0.274. The number of anilines is 1. The summed E-state index contributed by atoms with van der Waals surface area (Å²) in [5.41, 5.74) is 8.07. The molecule has 0 amide bonds. The number of sulfonamides is 1. The maximum atomic E-state index is 12.8. The molecule has 2 N–H and O–H groups in total. The Hall–Kier alpha value is -1.79. The quantitative estimate of drug-likeness (QED) is 0.919. The molecule has 0 aliphatic carbocycles. The van der Waals surface area contributed by atoms with Gasteiger partial charge in [0.25, 0.3) is 10.0 Å². The predicted molar refractivity (Wildman–Crippen MR) is 84.8 cm³/mol. The fourth-order valence-electron chi connectivity index (χ4n) is 2.34. The largest absolute Gasteiger partial charge is 0.349 e. The molecule has 0 bridgehead atoms. The highest BCUT2D eigenvalue weighted by Crippen LogP contribution is 2.26. The van der Waals surface area contributed by atoms with Gasteiger partial charge in [-0.05, 0) is 31.5 Å². The van der Waals surface area contributed by atoms with Crippen molar-refractivity contribution in [2.45, 2.75) is 31.8 Å². The second-order valence-corrected chi connectivity index (χ2v) is 6.89. The van der Waals surface area contributed by atoms with Crippen LogP contribution >= 0.6 is 0 Å². The molecule has 2 aromatic rings. The van der Waals surface area contributed by atoms with E-state index in [0.29, 0.717) is 18.8 Å². The highest BCUT2D eigenvalue weighted by Gasteiger charge is 2.24. The van der Waals surface area contributed by atoms with Crippen LogP contribution in [-0.2, 0) is 23.1 Å². The van der Waals surface area contributed by atoms with E-state index in [4.69, 9.17) is 5.73 Å². The number of hydrogen-bond donors (Lipinski definition) is 1. The molecule has 0 aliphatic rings. The van der Waals surface area contributed by atoms with Crippen LogP contribution in [0.4, 0.5) is 5.69 Å². The summed E-state index contributed by atoms with van der Waals surface area (Å²) in [5.74, 6) is 0. The minimum Gasteiger partial charge on any atom is -0.349 e. The lowest BCUT2D eigenvalue weighted by atomic mass is 10.2. The van der Waals surface area contributed by atoms with Crippen molar-refractivity contribution in [1.82, 2.24) is 4.57 Å². The number of aromatic nitrogens is 1. The highest BCUT2D eigenvalue weighted by molar-refractivity contribution is 7.92. The summed E-state index contributed by atoms with van der Waals surface area (Å²) in [6.07, 6.45) is 1.65. The number of nitrogens with two attached hydrogens (primary N) is 1. The van der Waals surface area contributed by atoms with Crippen LogP contribution in [0.3, 0.4) is 0 Å². The normalized spacial score (nSPS) is 11.6. The van der Waals surface area contributed by atoms with Crippen molar-refractivity contribution in [2.75, 3.05) is 11.4 Å². The third-order valence-electron chi connectivity index (χ3n) is 3.62. The van der Waals surface area contributed by atoms with Gasteiger partial charge in [0.1, 0.15) is 4.90 Å². The molecule has 0 saturated heterocycles. The SMILES string of the molecule is CCn1cc(S(=O)(=O)N(C)c2ccccc2C)cc1CN. The van der Waals surface area contributed by atoms with E-state index in [1.807, 2.05) is 36.6 Å². The topological polar surface area (TPSA) is 68.3 Å². The summed E-state index contributed by atoms with van der Waals surface area (Å²) in [6.45, 7) is 4.86. The minimum absolute atomic E-state index is 0.274. The second-order valence-electron chi connectivity index (χ2n) is 4.92. The molecule has 6 heteroatoms. The minimum atomic E-state index is -3.58. The zero-order chi connectivity index (χ0) is 15.6. The van der Waals surface area contributed by atoms with E-state index in [-0.39, 0.29) is 4.90 Å². The van der Waals surface area contributed by atoms with Gasteiger partial charge in [0.15, 0.2) is 0 Å². The van der Waals surface area contributed by atoms with Gasteiger partial charge in [-0.15, -0.1) is 0 Å². The zero-order valence-electron chi connectivity index (χ0n) is 12.6. The molecule has 2 rings (SSSR count). The molecular formula is C15H21N3O2S. The van der Waals surface area contributed by atoms with E-state index in [2.05, 4.69) is 0 Å². The van der Waals surface area contributed by atoms with Gasteiger partial charge in [0, 0.05) is 32.0 Å². The van der Waals surface area contributed by atoms with Gasteiger partial charge in [-0.1, -0.05) is 18.2 Å². The molecule has 0 saturated carbocycles. The van der Waals surface area contributed by atoms with Crippen molar-refractivity contribution >= 4 is 15.7 Å². The fraction of sp³-hybridized carbons (Fsp3) is 0.333. The van der Waals surface area contributed by atoms with E-state index in [9.17, 15) is 8.42 Å². The number of nitrogens with zero attached hydrogens (tertiary/aromatic N) is 2. The Bertz CT molecular complexity index is 714. The first-order chi connectivity index (χ1) is 9.91. The molecule has 1 heterocycles. The average molecular weight is 307 g/mol. The molecule has 0 fully saturated rings. The zero-order valence-corrected chi connectivity index (χ0v) is 13.4. The lowest BCUT2D eigenvalue weighted by Crippen LogP contribution is -2.26. The van der Waals surface area contributed by atoms with Crippen molar-refractivity contribution in [2.24, 2.45) is 5.73 Å². The number of rotatable bonds is 5. The first-order valence-electron chi connectivity index (χ1n) is 6.85. The van der Waals surface area contributed by atoms with Gasteiger partial charge in [0.05, 0.1) is 5.69 Å². The van der Waals surface area contributed by atoms with Gasteiger partial charge < -0.3 is 10.3 Å². The third kappa shape index (κ3) is 2.82. The summed E-state index contributed by atoms with van der Waals surface area (Å²) in [6, 6.07) is 9.06. The molecule has 114 valence electrons. The number of para-hydroxylation sites is 1. The molecule has 21 heavy (non-hydrogen) atoms. The summed E-state index contributed by atoms with van der Waals surface area (Å²) in [5, 5.41) is 0. The Balaban J connectivity index is 2.47. The van der Waals surface area contributed by atoms with Crippen molar-refractivity contribution in [1.29, 1.82) is 0 Å². The van der Waals surface area contributed by atoms with Crippen molar-refractivity contribution in [3.63, 3.8) is 0 Å². The first-order valence-corrected chi connectivity index (χ1v) is 8.29. The molecule has 0 radical (unpaired) electrons. The maximum absolute atomic E-state index is 12.8. The smallest absolute Gasteiger partial charge is 0.265 e. The van der Waals surface area contributed by atoms with Crippen molar-refractivity contribution < 1.29 is 8.42 Å². The Morgan fingerprint density at radius 2 is 1.95 bits per heavy atom. The lowest BCUT2D eigenvalue weighted by molar-refractivity contribution is 0.594. The number of benzene rings is 1. The van der Waals surface area contributed by atoms with E-state index in [1.54, 1.807) is 25.4 Å². The Morgan fingerprint density at radius 1 is 1.29 bits per heavy atom. The second kappa shape index (κ2) is 5.91. The molecular weight excluding hydrogens is 286 g/mol. The molecule has 1 aromatic carbocycles. The highest BCUT2D eigenvalue weighted by atomic mass is 32.2. The van der Waals surface area contributed by atoms with E-state index >= 15 is 0 Å². The van der Waals surface area contributed by atoms with E-state index < -0.39 is 10.0 Å². The standard InChI is InChI=1S/C15H21N3O2S/c1-4-18-11-14(9-13(18)10-16)21(19,20)17(3)15-8-6-5-7-12(15)2/h5-9,11H,4,10,16H2,1-3H3. The van der Waals surface area contributed by atoms with Gasteiger partial charge in [-0.2, -0.15) is 0 Å². The van der Waals surface area contributed by atoms with Crippen LogP contribution in [0.1, 0.15) is 18.2 Å². The Kier molecular flexibility index (Phi) is 4.39. The summed E-state index contributed by atoms with van der Waals surface area (Å²) in [7, 11) is -2.01. The lowest BCUT2D eigenvalue weighted by Gasteiger charge is -2.20. The van der Waals surface area contributed by atoms with E-state index in [0.717, 1.165) is 11.3 Å². The average Bonchev–Trinajstić information content (AvgIpc) is 2.91. The number of hydrogen-bond acceptors (Lipinski definition) is 3. The van der Waals surface area contributed by atoms with Crippen LogP contribution in [0.25, 0.3) is 0 Å². The van der Waals surface area contributed by atoms with Crippen LogP contribution in [0.2, 0.25) is 0 Å². The first kappa shape index (κ1) is 15.6. The fourth-order valence-corrected chi connectivity index (χ4v) is 3.66. The Morgan fingerprint density at radius 3 is 2.48 bits per heavy atom. The van der Waals surface area contributed by atoms with Gasteiger partial charge in [-0.3, -0.25) is 4.31 Å². The van der Waals surface area contributed by atoms with Gasteiger partial charge >= 0.3 is 0 Å². The molecule has 0 unspecified atom stereocenters. The molecule has 5 nitrogen and oxygen atoms in total. The molecule has 0 atom stereocenters. The maximum Gasteiger partial charge on any atom is 0.265 e. The molecule has 1 aromatic heterocycles. The van der Waals surface area contributed by atoms with Gasteiger partial charge in [-0.25, -0.2) is 8.42 Å². The van der Waals surface area contributed by atoms with E-state index in [1.165, 1.54) is 4.31 Å². The molecule has 0 spiro atoms. The predicted octanol–water partition coefficient (Wildman–Crippen LogP) is 2.10. The van der Waals surface area contributed by atoms with Crippen LogP contribution in [0, 0.1) is 6.92 Å². The summed E-state index contributed by atoms with van der Waals surface area (Å²) >= 11 is 0. The van der Waals surface area contributed by atoms with Crippen molar-refractivity contribution in [3.05, 3.63) is 47.8 Å². The third-order valence-corrected chi connectivity index (χ3v) is 5.36. The van der Waals surface area contributed by atoms with Crippen LogP contribution < -0.4 is 10.0 Å².